The number of hydrogen-bond donors (Lipinski definition) is 3. The molecule has 0 saturated carbocycles. The molecule has 0 amide bonds. The quantitative estimate of drug-likeness (QED) is 0.447. The number of halogens is 1. The van der Waals surface area contributed by atoms with E-state index in [2.05, 4.69) is 0 Å². The summed E-state index contributed by atoms with van der Waals surface area (Å²) in [7, 11) is 1.55. The van der Waals surface area contributed by atoms with Crippen LogP contribution in [-0.4, -0.2) is 35.8 Å². The van der Waals surface area contributed by atoms with Crippen molar-refractivity contribution in [3.8, 4) is 5.75 Å². The Labute approximate surface area is 173 Å². The number of ketones is 1. The summed E-state index contributed by atoms with van der Waals surface area (Å²) in [5, 5.41) is 24.8. The molecule has 0 bridgehead atoms. The number of carbonyl (C=O) groups excluding carboxylic acids is 1. The maximum Gasteiger partial charge on any atom is 0.391 e. The molecule has 152 valence electrons. The van der Waals surface area contributed by atoms with E-state index in [-0.39, 0.29) is 25.0 Å². The van der Waals surface area contributed by atoms with Crippen molar-refractivity contribution in [3.63, 3.8) is 0 Å². The average molecular weight is 417 g/mol. The number of Topliss-reactive ketones (excluding diaryl/α,β-unsaturated/α-hetero) is 1. The minimum atomic E-state index is -1.58. The van der Waals surface area contributed by atoms with Crippen LogP contribution < -0.4 is 4.74 Å². The lowest BCUT2D eigenvalue weighted by atomic mass is 9.92. The Morgan fingerprint density at radius 1 is 1.03 bits per heavy atom. The number of carboxylic acids is 1. The highest BCUT2D eigenvalue weighted by atomic mass is 35.5. The van der Waals surface area contributed by atoms with E-state index in [1.54, 1.807) is 55.6 Å². The predicted molar refractivity (Wildman–Crippen MR) is 109 cm³/mol. The molecular weight excluding hydrogens is 396 g/mol. The summed E-state index contributed by atoms with van der Waals surface area (Å²) < 4.78 is 9.95. The van der Waals surface area contributed by atoms with Gasteiger partial charge in [-0.3, -0.25) is 15.6 Å². The van der Waals surface area contributed by atoms with Crippen molar-refractivity contribution in [2.75, 3.05) is 7.11 Å². The minimum absolute atomic E-state index is 0.0274. The lowest BCUT2D eigenvalue weighted by Gasteiger charge is -2.17. The van der Waals surface area contributed by atoms with Gasteiger partial charge in [0.05, 0.1) is 7.11 Å². The molecule has 0 aliphatic heterocycles. The normalized spacial score (nSPS) is 11.4. The second-order valence-electron chi connectivity index (χ2n) is 6.40. The van der Waals surface area contributed by atoms with Gasteiger partial charge < -0.3 is 14.6 Å². The molecule has 0 aromatic heterocycles. The van der Waals surface area contributed by atoms with E-state index in [9.17, 15) is 9.59 Å². The fourth-order valence-corrected chi connectivity index (χ4v) is 2.84. The number of rotatable bonds is 8. The number of hydrogen-bond acceptors (Lipinski definition) is 6. The predicted octanol–water partition coefficient (Wildman–Crippen LogP) is 3.76. The summed E-state index contributed by atoms with van der Waals surface area (Å²) in [4.78, 5) is 23.4. The van der Waals surface area contributed by atoms with Crippen molar-refractivity contribution in [1.82, 2.24) is 0 Å². The van der Waals surface area contributed by atoms with E-state index >= 15 is 0 Å². The molecule has 2 aromatic carbocycles. The van der Waals surface area contributed by atoms with Crippen LogP contribution in [0.25, 0.3) is 0 Å². The third kappa shape index (κ3) is 7.04. The molecule has 29 heavy (non-hydrogen) atoms. The molecule has 0 heterocycles. The van der Waals surface area contributed by atoms with Crippen molar-refractivity contribution in [1.29, 1.82) is 10.8 Å². The number of nitrogens with one attached hydrogen (secondary N) is 2. The van der Waals surface area contributed by atoms with E-state index in [4.69, 9.17) is 37.0 Å². The Kier molecular flexibility index (Phi) is 7.91. The number of benzene rings is 2. The molecule has 0 fully saturated rings. The summed E-state index contributed by atoms with van der Waals surface area (Å²) in [5.41, 5.74) is 1.61. The van der Waals surface area contributed by atoms with Gasteiger partial charge in [0.25, 0.3) is 0 Å². The zero-order valence-electron chi connectivity index (χ0n) is 15.8. The second-order valence-corrected chi connectivity index (χ2v) is 6.83. The summed E-state index contributed by atoms with van der Waals surface area (Å²) in [5.74, 6) is -3.24. The molecule has 2 rings (SSSR count). The van der Waals surface area contributed by atoms with Crippen LogP contribution in [0.4, 0.5) is 0 Å². The number of carboxylic acid groups (broad SMARTS) is 1. The zero-order chi connectivity index (χ0) is 21.4. The lowest BCUT2D eigenvalue weighted by molar-refractivity contribution is -0.130. The molecule has 0 saturated heterocycles. The first-order valence-electron chi connectivity index (χ1n) is 8.75. The number of carbonyl (C=O) groups is 2. The number of methoxy groups -OCH3 is 1. The monoisotopic (exact) mass is 416 g/mol. The van der Waals surface area contributed by atoms with Crippen molar-refractivity contribution in [2.45, 2.75) is 19.3 Å². The van der Waals surface area contributed by atoms with Gasteiger partial charge in [-0.1, -0.05) is 35.9 Å². The fourth-order valence-electron chi connectivity index (χ4n) is 2.72. The maximum absolute atomic E-state index is 12.5. The fraction of sp³-hybridized carbons (Fsp3) is 0.238. The van der Waals surface area contributed by atoms with Gasteiger partial charge >= 0.3 is 11.9 Å². The highest BCUT2D eigenvalue weighted by molar-refractivity contribution is 6.32. The molecule has 0 aliphatic rings. The first kappa shape index (κ1) is 22.1. The van der Waals surface area contributed by atoms with Crippen LogP contribution in [-0.2, 0) is 27.2 Å². The van der Waals surface area contributed by atoms with Crippen LogP contribution in [0.3, 0.4) is 0 Å². The Hall–Kier alpha value is -3.19. The van der Waals surface area contributed by atoms with Gasteiger partial charge in [0.1, 0.15) is 11.5 Å². The molecule has 0 spiro atoms. The number of ether oxygens (including phenoxy) is 2. The average Bonchev–Trinajstić information content (AvgIpc) is 2.69. The Morgan fingerprint density at radius 3 is 2.17 bits per heavy atom. The molecule has 1 unspecified atom stereocenters. The van der Waals surface area contributed by atoms with Crippen LogP contribution in [0.5, 0.6) is 5.75 Å². The molecule has 7 nitrogen and oxygen atoms in total. The molecule has 8 heteroatoms. The van der Waals surface area contributed by atoms with E-state index in [1.165, 1.54) is 0 Å². The first-order valence-corrected chi connectivity index (χ1v) is 9.13. The molecule has 0 radical (unpaired) electrons. The summed E-state index contributed by atoms with van der Waals surface area (Å²) >= 11 is 5.85. The molecule has 1 atom stereocenters. The van der Waals surface area contributed by atoms with Crippen LogP contribution in [0.2, 0.25) is 5.02 Å². The topological polar surface area (TPSA) is 121 Å². The Balaban J connectivity index is 2.12. The van der Waals surface area contributed by atoms with Gasteiger partial charge in [0.2, 0.25) is 0 Å². The Bertz CT molecular complexity index is 894. The summed E-state index contributed by atoms with van der Waals surface area (Å²) in [6.07, 6.45) is 0.405. The minimum Gasteiger partial charge on any atom is -0.497 e. The van der Waals surface area contributed by atoms with Crippen molar-refractivity contribution in [3.05, 3.63) is 64.7 Å². The molecular formula is C21H21ClN2O5. The van der Waals surface area contributed by atoms with Crippen LogP contribution in [0, 0.1) is 16.7 Å². The third-order valence-electron chi connectivity index (χ3n) is 4.21. The van der Waals surface area contributed by atoms with Gasteiger partial charge in [-0.2, -0.15) is 0 Å². The van der Waals surface area contributed by atoms with Crippen LogP contribution in [0.15, 0.2) is 48.5 Å². The van der Waals surface area contributed by atoms with Gasteiger partial charge in [0.15, 0.2) is 5.90 Å². The smallest absolute Gasteiger partial charge is 0.391 e. The van der Waals surface area contributed by atoms with E-state index in [0.29, 0.717) is 10.8 Å². The Morgan fingerprint density at radius 2 is 1.62 bits per heavy atom. The largest absolute Gasteiger partial charge is 0.497 e. The highest BCUT2D eigenvalue weighted by Crippen LogP contribution is 2.20. The lowest BCUT2D eigenvalue weighted by Crippen LogP contribution is -2.28. The van der Waals surface area contributed by atoms with Crippen molar-refractivity contribution < 1.29 is 24.2 Å². The summed E-state index contributed by atoms with van der Waals surface area (Å²) in [6, 6.07) is 14.0. The van der Waals surface area contributed by atoms with E-state index < -0.39 is 23.7 Å². The standard InChI is InChI=1S/C21H21ClN2O5/c1-28-18-8-4-13(5-9-18)10-15(19(23)29-20(24)21(26)27)12-17(25)11-14-2-6-16(22)7-3-14/h2-9,15,23-24H,10-12H2,1H3,(H,26,27). The van der Waals surface area contributed by atoms with E-state index in [0.717, 1.165) is 11.1 Å². The molecule has 3 N–H and O–H groups in total. The van der Waals surface area contributed by atoms with Crippen LogP contribution in [0.1, 0.15) is 17.5 Å². The van der Waals surface area contributed by atoms with Gasteiger partial charge in [0, 0.05) is 23.8 Å². The second kappa shape index (κ2) is 10.4. The third-order valence-corrected chi connectivity index (χ3v) is 4.46. The van der Waals surface area contributed by atoms with Crippen molar-refractivity contribution in [2.24, 2.45) is 5.92 Å². The SMILES string of the molecule is COc1ccc(CC(CC(=O)Cc2ccc(Cl)cc2)C(=N)OC(=N)C(=O)O)cc1. The highest BCUT2D eigenvalue weighted by Gasteiger charge is 2.24. The first-order chi connectivity index (χ1) is 13.8. The van der Waals surface area contributed by atoms with Gasteiger partial charge in [-0.15, -0.1) is 0 Å². The van der Waals surface area contributed by atoms with Crippen LogP contribution >= 0.6 is 11.6 Å². The summed E-state index contributed by atoms with van der Waals surface area (Å²) in [6.45, 7) is 0. The van der Waals surface area contributed by atoms with Gasteiger partial charge in [-0.25, -0.2) is 4.79 Å². The zero-order valence-corrected chi connectivity index (χ0v) is 16.5. The molecule has 0 aliphatic carbocycles. The number of aliphatic carboxylic acids is 1. The maximum atomic E-state index is 12.5. The van der Waals surface area contributed by atoms with Crippen molar-refractivity contribution >= 4 is 35.1 Å². The molecule has 2 aromatic rings. The van der Waals surface area contributed by atoms with Gasteiger partial charge in [-0.05, 0) is 41.8 Å². The van der Waals surface area contributed by atoms with E-state index in [1.807, 2.05) is 0 Å².